The van der Waals surface area contributed by atoms with Gasteiger partial charge in [-0.25, -0.2) is 4.98 Å². The van der Waals surface area contributed by atoms with E-state index < -0.39 is 0 Å². The molecule has 0 aliphatic heterocycles. The average Bonchev–Trinajstić information content (AvgIpc) is 2.62. The summed E-state index contributed by atoms with van der Waals surface area (Å²) >= 11 is 5.94. The Hall–Kier alpha value is -1.55. The van der Waals surface area contributed by atoms with Gasteiger partial charge in [0, 0.05) is 19.2 Å². The first-order valence-electron chi connectivity index (χ1n) is 5.89. The van der Waals surface area contributed by atoms with Gasteiger partial charge in [-0.1, -0.05) is 13.8 Å². The van der Waals surface area contributed by atoms with Crippen LogP contribution in [0.1, 0.15) is 24.2 Å². The second kappa shape index (κ2) is 4.98. The van der Waals surface area contributed by atoms with E-state index in [4.69, 9.17) is 11.6 Å². The number of fused-ring (bicyclic) bond motifs is 1. The van der Waals surface area contributed by atoms with E-state index in [2.05, 4.69) is 24.1 Å². The lowest BCUT2D eigenvalue weighted by Crippen LogP contribution is -2.27. The van der Waals surface area contributed by atoms with Crippen LogP contribution in [-0.4, -0.2) is 22.0 Å². The maximum atomic E-state index is 11.9. The van der Waals surface area contributed by atoms with Crippen molar-refractivity contribution in [3.63, 3.8) is 0 Å². The number of carbonyl (C=O) groups excluding carboxylic acids is 1. The van der Waals surface area contributed by atoms with E-state index in [-0.39, 0.29) is 5.91 Å². The standard InChI is InChI=1S/C13H16ClN3O/c1-8(2)7-15-12(18)9-4-5-10-11(6-9)17(3)13(14)16-10/h4-6,8H,7H2,1-3H3,(H,15,18). The van der Waals surface area contributed by atoms with Crippen molar-refractivity contribution < 1.29 is 4.79 Å². The fraction of sp³-hybridized carbons (Fsp3) is 0.385. The van der Waals surface area contributed by atoms with Crippen LogP contribution in [0.2, 0.25) is 5.28 Å². The first-order valence-corrected chi connectivity index (χ1v) is 6.27. The summed E-state index contributed by atoms with van der Waals surface area (Å²) in [5.41, 5.74) is 2.28. The molecule has 2 aromatic rings. The highest BCUT2D eigenvalue weighted by atomic mass is 35.5. The molecule has 1 N–H and O–H groups in total. The number of aryl methyl sites for hydroxylation is 1. The molecule has 0 saturated heterocycles. The van der Waals surface area contributed by atoms with Crippen molar-refractivity contribution in [3.8, 4) is 0 Å². The van der Waals surface area contributed by atoms with Crippen molar-refractivity contribution in [2.24, 2.45) is 13.0 Å². The smallest absolute Gasteiger partial charge is 0.251 e. The van der Waals surface area contributed by atoms with Crippen LogP contribution in [0, 0.1) is 5.92 Å². The third kappa shape index (κ3) is 2.48. The number of hydrogen-bond donors (Lipinski definition) is 1. The zero-order valence-corrected chi connectivity index (χ0v) is 11.5. The van der Waals surface area contributed by atoms with Gasteiger partial charge in [-0.3, -0.25) is 4.79 Å². The fourth-order valence-corrected chi connectivity index (χ4v) is 1.88. The lowest BCUT2D eigenvalue weighted by atomic mass is 10.1. The number of carbonyl (C=O) groups is 1. The van der Waals surface area contributed by atoms with E-state index in [0.29, 0.717) is 23.3 Å². The molecule has 0 fully saturated rings. The Morgan fingerprint density at radius 3 is 2.89 bits per heavy atom. The van der Waals surface area contributed by atoms with E-state index in [1.807, 2.05) is 19.2 Å². The highest BCUT2D eigenvalue weighted by Gasteiger charge is 2.10. The predicted molar refractivity (Wildman–Crippen MR) is 72.9 cm³/mol. The zero-order chi connectivity index (χ0) is 13.3. The van der Waals surface area contributed by atoms with Crippen molar-refractivity contribution in [2.75, 3.05) is 6.54 Å². The number of nitrogens with zero attached hydrogens (tertiary/aromatic N) is 2. The van der Waals surface area contributed by atoms with E-state index in [1.165, 1.54) is 0 Å². The highest BCUT2D eigenvalue weighted by Crippen LogP contribution is 2.19. The molecule has 0 aliphatic rings. The Kier molecular flexibility index (Phi) is 3.57. The topological polar surface area (TPSA) is 46.9 Å². The summed E-state index contributed by atoms with van der Waals surface area (Å²) in [6.45, 7) is 4.79. The lowest BCUT2D eigenvalue weighted by molar-refractivity contribution is 0.0949. The van der Waals surface area contributed by atoms with Crippen LogP contribution >= 0.6 is 11.6 Å². The molecule has 5 heteroatoms. The molecule has 0 spiro atoms. The van der Waals surface area contributed by atoms with E-state index in [1.54, 1.807) is 10.6 Å². The average molecular weight is 266 g/mol. The Balaban J connectivity index is 2.29. The monoisotopic (exact) mass is 265 g/mol. The van der Waals surface area contributed by atoms with Crippen LogP contribution in [0.5, 0.6) is 0 Å². The molecule has 0 radical (unpaired) electrons. The van der Waals surface area contributed by atoms with Gasteiger partial charge in [0.1, 0.15) is 0 Å². The number of hydrogen-bond acceptors (Lipinski definition) is 2. The Bertz CT molecular complexity index is 589. The van der Waals surface area contributed by atoms with Gasteiger partial charge in [-0.15, -0.1) is 0 Å². The van der Waals surface area contributed by atoms with Gasteiger partial charge in [0.25, 0.3) is 5.91 Å². The second-order valence-electron chi connectivity index (χ2n) is 4.75. The Morgan fingerprint density at radius 1 is 1.50 bits per heavy atom. The summed E-state index contributed by atoms with van der Waals surface area (Å²) in [6.07, 6.45) is 0. The normalized spacial score (nSPS) is 11.2. The SMILES string of the molecule is CC(C)CNC(=O)c1ccc2nc(Cl)n(C)c2c1. The predicted octanol–water partition coefficient (Wildman–Crippen LogP) is 2.61. The van der Waals surface area contributed by atoms with E-state index >= 15 is 0 Å². The van der Waals surface area contributed by atoms with Crippen LogP contribution in [0.25, 0.3) is 11.0 Å². The summed E-state index contributed by atoms with van der Waals surface area (Å²) in [5, 5.41) is 3.31. The van der Waals surface area contributed by atoms with Crippen molar-refractivity contribution in [2.45, 2.75) is 13.8 Å². The van der Waals surface area contributed by atoms with Crippen LogP contribution < -0.4 is 5.32 Å². The molecular weight excluding hydrogens is 250 g/mol. The second-order valence-corrected chi connectivity index (χ2v) is 5.09. The largest absolute Gasteiger partial charge is 0.352 e. The summed E-state index contributed by atoms with van der Waals surface area (Å²) in [6, 6.07) is 5.39. The molecule has 0 aliphatic carbocycles. The maximum Gasteiger partial charge on any atom is 0.251 e. The molecule has 1 amide bonds. The fourth-order valence-electron chi connectivity index (χ4n) is 1.70. The third-order valence-electron chi connectivity index (χ3n) is 2.76. The van der Waals surface area contributed by atoms with Gasteiger partial charge in [0.2, 0.25) is 5.28 Å². The first-order chi connectivity index (χ1) is 8.49. The maximum absolute atomic E-state index is 11.9. The molecule has 1 aromatic heterocycles. The minimum absolute atomic E-state index is 0.0667. The minimum Gasteiger partial charge on any atom is -0.352 e. The number of nitrogens with one attached hydrogen (secondary N) is 1. The van der Waals surface area contributed by atoms with Crippen molar-refractivity contribution in [1.29, 1.82) is 0 Å². The van der Waals surface area contributed by atoms with Gasteiger partial charge >= 0.3 is 0 Å². The lowest BCUT2D eigenvalue weighted by Gasteiger charge is -2.07. The molecule has 0 atom stereocenters. The molecule has 0 unspecified atom stereocenters. The van der Waals surface area contributed by atoms with Gasteiger partial charge in [-0.05, 0) is 35.7 Å². The first kappa shape index (κ1) is 12.9. The summed E-state index contributed by atoms with van der Waals surface area (Å²) in [5.74, 6) is 0.367. The third-order valence-corrected chi connectivity index (χ3v) is 3.10. The Labute approximate surface area is 111 Å². The van der Waals surface area contributed by atoms with Gasteiger partial charge in [0.05, 0.1) is 11.0 Å². The Morgan fingerprint density at radius 2 is 2.22 bits per heavy atom. The number of benzene rings is 1. The van der Waals surface area contributed by atoms with Crippen LogP contribution in [0.4, 0.5) is 0 Å². The molecule has 1 aromatic carbocycles. The summed E-state index contributed by atoms with van der Waals surface area (Å²) in [7, 11) is 1.83. The van der Waals surface area contributed by atoms with Crippen LogP contribution in [0.3, 0.4) is 0 Å². The molecule has 1 heterocycles. The van der Waals surface area contributed by atoms with Gasteiger partial charge in [-0.2, -0.15) is 0 Å². The van der Waals surface area contributed by atoms with Crippen molar-refractivity contribution >= 4 is 28.5 Å². The zero-order valence-electron chi connectivity index (χ0n) is 10.7. The summed E-state index contributed by atoms with van der Waals surface area (Å²) in [4.78, 5) is 16.1. The van der Waals surface area contributed by atoms with E-state index in [0.717, 1.165) is 11.0 Å². The highest BCUT2D eigenvalue weighted by molar-refractivity contribution is 6.29. The van der Waals surface area contributed by atoms with Crippen molar-refractivity contribution in [1.82, 2.24) is 14.9 Å². The van der Waals surface area contributed by atoms with Gasteiger partial charge in [0.15, 0.2) is 0 Å². The molecule has 4 nitrogen and oxygen atoms in total. The van der Waals surface area contributed by atoms with Crippen LogP contribution in [-0.2, 0) is 7.05 Å². The number of aromatic nitrogens is 2. The van der Waals surface area contributed by atoms with Crippen LogP contribution in [0.15, 0.2) is 18.2 Å². The molecule has 0 saturated carbocycles. The molecule has 96 valence electrons. The molecule has 2 rings (SSSR count). The van der Waals surface area contributed by atoms with Gasteiger partial charge < -0.3 is 9.88 Å². The number of rotatable bonds is 3. The summed E-state index contributed by atoms with van der Waals surface area (Å²) < 4.78 is 1.76. The number of amides is 1. The quantitative estimate of drug-likeness (QED) is 0.927. The van der Waals surface area contributed by atoms with Crippen molar-refractivity contribution in [3.05, 3.63) is 29.0 Å². The minimum atomic E-state index is -0.0667. The molecule has 18 heavy (non-hydrogen) atoms. The number of halogens is 1. The van der Waals surface area contributed by atoms with E-state index in [9.17, 15) is 4.79 Å². The number of imidazole rings is 1. The molecular formula is C13H16ClN3O. The molecule has 0 bridgehead atoms.